The molecular formula is C16H20N4O2S. The molecule has 0 spiro atoms. The summed E-state index contributed by atoms with van der Waals surface area (Å²) in [6, 6.07) is 3.78. The van der Waals surface area contributed by atoms with Crippen LogP contribution in [-0.4, -0.2) is 37.7 Å². The first-order valence-electron chi connectivity index (χ1n) is 7.92. The number of rotatable bonds is 3. The zero-order valence-corrected chi connectivity index (χ0v) is 14.0. The van der Waals surface area contributed by atoms with E-state index in [1.54, 1.807) is 6.26 Å². The normalized spacial score (nSPS) is 24.3. The predicted octanol–water partition coefficient (Wildman–Crippen LogP) is 3.16. The molecule has 23 heavy (non-hydrogen) atoms. The fourth-order valence-electron chi connectivity index (χ4n) is 3.72. The van der Waals surface area contributed by atoms with Gasteiger partial charge in [0.15, 0.2) is 0 Å². The van der Waals surface area contributed by atoms with Crippen molar-refractivity contribution in [3.8, 4) is 5.88 Å². The number of hydrogen-bond donors (Lipinski definition) is 1. The average molecular weight is 332 g/mol. The van der Waals surface area contributed by atoms with Crippen LogP contribution in [0.25, 0.3) is 4.96 Å². The number of aromatic nitrogens is 3. The molecule has 0 aromatic carbocycles. The molecule has 3 atom stereocenters. The highest BCUT2D eigenvalue weighted by molar-refractivity contribution is 7.17. The van der Waals surface area contributed by atoms with Gasteiger partial charge in [-0.25, -0.2) is 4.98 Å². The number of hydrogen-bond acceptors (Lipinski definition) is 6. The second kappa shape index (κ2) is 5.65. The van der Waals surface area contributed by atoms with E-state index < -0.39 is 0 Å². The highest BCUT2D eigenvalue weighted by Gasteiger charge is 2.34. The van der Waals surface area contributed by atoms with Gasteiger partial charge < -0.3 is 9.52 Å². The first-order valence-corrected chi connectivity index (χ1v) is 8.74. The molecule has 0 radical (unpaired) electrons. The van der Waals surface area contributed by atoms with Crippen molar-refractivity contribution < 1.29 is 9.52 Å². The summed E-state index contributed by atoms with van der Waals surface area (Å²) < 4.78 is 7.20. The summed E-state index contributed by atoms with van der Waals surface area (Å²) >= 11 is 1.47. The monoisotopic (exact) mass is 332 g/mol. The van der Waals surface area contributed by atoms with Crippen molar-refractivity contribution in [1.82, 2.24) is 19.5 Å². The molecule has 1 aliphatic heterocycles. The fraction of sp³-hybridized carbons (Fsp3) is 0.500. The van der Waals surface area contributed by atoms with Crippen LogP contribution in [0.1, 0.15) is 36.9 Å². The molecule has 3 aromatic heterocycles. The van der Waals surface area contributed by atoms with Gasteiger partial charge in [0, 0.05) is 13.1 Å². The number of likely N-dealkylation sites (tertiary alicyclic amines) is 1. The van der Waals surface area contributed by atoms with Crippen LogP contribution >= 0.6 is 11.3 Å². The van der Waals surface area contributed by atoms with Gasteiger partial charge in [-0.05, 0) is 30.4 Å². The van der Waals surface area contributed by atoms with Crippen LogP contribution in [0.5, 0.6) is 5.88 Å². The summed E-state index contributed by atoms with van der Waals surface area (Å²) in [4.78, 5) is 8.15. The molecule has 0 aliphatic carbocycles. The van der Waals surface area contributed by atoms with Gasteiger partial charge in [-0.3, -0.25) is 4.90 Å². The fourth-order valence-corrected chi connectivity index (χ4v) is 4.79. The third-order valence-electron chi connectivity index (χ3n) is 4.46. The number of nitrogens with zero attached hydrogens (tertiary/aromatic N) is 4. The van der Waals surface area contributed by atoms with Gasteiger partial charge in [-0.15, -0.1) is 0 Å². The molecule has 0 unspecified atom stereocenters. The molecule has 1 aliphatic rings. The molecule has 1 N–H and O–H groups in total. The third kappa shape index (κ3) is 2.53. The average Bonchev–Trinajstić information content (AvgIpc) is 3.20. The molecule has 0 amide bonds. The Hall–Kier alpha value is -1.86. The number of piperidine rings is 1. The third-order valence-corrected chi connectivity index (χ3v) is 5.55. The van der Waals surface area contributed by atoms with Crippen molar-refractivity contribution in [2.75, 3.05) is 13.1 Å². The summed E-state index contributed by atoms with van der Waals surface area (Å²) in [6.07, 6.45) is 4.39. The number of aromatic hydroxyl groups is 1. The Morgan fingerprint density at radius 1 is 1.35 bits per heavy atom. The van der Waals surface area contributed by atoms with Crippen LogP contribution in [0, 0.1) is 11.8 Å². The van der Waals surface area contributed by atoms with E-state index in [1.165, 1.54) is 28.6 Å². The minimum Gasteiger partial charge on any atom is -0.492 e. The summed E-state index contributed by atoms with van der Waals surface area (Å²) in [7, 11) is 0. The van der Waals surface area contributed by atoms with Crippen molar-refractivity contribution in [2.45, 2.75) is 26.3 Å². The van der Waals surface area contributed by atoms with Crippen molar-refractivity contribution in [2.24, 2.45) is 11.8 Å². The maximum atomic E-state index is 10.6. The summed E-state index contributed by atoms with van der Waals surface area (Å²) in [5.74, 6) is 2.27. The topological polar surface area (TPSA) is 66.8 Å². The number of furan rings is 1. The van der Waals surface area contributed by atoms with Gasteiger partial charge >= 0.3 is 0 Å². The first-order chi connectivity index (χ1) is 11.1. The molecule has 6 nitrogen and oxygen atoms in total. The second-order valence-corrected chi connectivity index (χ2v) is 7.57. The molecule has 7 heteroatoms. The van der Waals surface area contributed by atoms with Crippen molar-refractivity contribution in [1.29, 1.82) is 0 Å². The summed E-state index contributed by atoms with van der Waals surface area (Å²) in [5.41, 5.74) is 0. The van der Waals surface area contributed by atoms with Crippen molar-refractivity contribution in [3.05, 3.63) is 35.4 Å². The highest BCUT2D eigenvalue weighted by Crippen LogP contribution is 2.41. The SMILES string of the molecule is C[C@@H]1C[C@@H](C)CN([C@@H](c2ccco2)c2sc3ncnn3c2O)C1. The molecular weight excluding hydrogens is 312 g/mol. The summed E-state index contributed by atoms with van der Waals surface area (Å²) in [6.45, 7) is 6.54. The zero-order chi connectivity index (χ0) is 16.0. The van der Waals surface area contributed by atoms with Gasteiger partial charge in [-0.1, -0.05) is 25.2 Å². The van der Waals surface area contributed by atoms with E-state index in [0.717, 1.165) is 23.7 Å². The van der Waals surface area contributed by atoms with E-state index in [9.17, 15) is 5.11 Å². The lowest BCUT2D eigenvalue weighted by Crippen LogP contribution is -2.41. The lowest BCUT2D eigenvalue weighted by atomic mass is 9.90. The Morgan fingerprint density at radius 3 is 2.78 bits per heavy atom. The standard InChI is InChI=1S/C16H20N4O2S/c1-10-6-11(2)8-19(7-10)13(12-4-3-5-22-12)14-15(21)20-16(23-14)17-9-18-20/h3-5,9-11,13,21H,6-8H2,1-2H3/t10-,11-,13+/m1/s1. The molecule has 1 saturated heterocycles. The van der Waals surface area contributed by atoms with Crippen LogP contribution < -0.4 is 0 Å². The minimum absolute atomic E-state index is 0.0938. The number of thiazole rings is 1. The molecule has 3 aromatic rings. The van der Waals surface area contributed by atoms with Crippen LogP contribution in [0.4, 0.5) is 0 Å². The van der Waals surface area contributed by atoms with E-state index in [4.69, 9.17) is 4.42 Å². The molecule has 122 valence electrons. The quantitative estimate of drug-likeness (QED) is 0.798. The van der Waals surface area contributed by atoms with Crippen LogP contribution in [0.15, 0.2) is 29.1 Å². The Morgan fingerprint density at radius 2 is 2.13 bits per heavy atom. The maximum Gasteiger partial charge on any atom is 0.230 e. The van der Waals surface area contributed by atoms with Crippen molar-refractivity contribution in [3.63, 3.8) is 0 Å². The van der Waals surface area contributed by atoms with E-state index in [-0.39, 0.29) is 11.9 Å². The van der Waals surface area contributed by atoms with E-state index >= 15 is 0 Å². The maximum absolute atomic E-state index is 10.6. The van der Waals surface area contributed by atoms with Crippen LogP contribution in [0.3, 0.4) is 0 Å². The summed E-state index contributed by atoms with van der Waals surface area (Å²) in [5, 5.41) is 14.7. The molecule has 4 rings (SSSR count). The van der Waals surface area contributed by atoms with Crippen LogP contribution in [0.2, 0.25) is 0 Å². The Kier molecular flexibility index (Phi) is 3.61. The largest absolute Gasteiger partial charge is 0.492 e. The van der Waals surface area contributed by atoms with Gasteiger partial charge in [0.2, 0.25) is 10.8 Å². The minimum atomic E-state index is -0.0938. The smallest absolute Gasteiger partial charge is 0.230 e. The Labute approximate surface area is 138 Å². The predicted molar refractivity (Wildman–Crippen MR) is 87.6 cm³/mol. The van der Waals surface area contributed by atoms with Gasteiger partial charge in [-0.2, -0.15) is 9.61 Å². The molecule has 0 bridgehead atoms. The van der Waals surface area contributed by atoms with E-state index in [2.05, 4.69) is 28.8 Å². The molecule has 1 fully saturated rings. The van der Waals surface area contributed by atoms with Crippen LogP contribution in [-0.2, 0) is 0 Å². The Balaban J connectivity index is 1.79. The number of fused-ring (bicyclic) bond motifs is 1. The lowest BCUT2D eigenvalue weighted by Gasteiger charge is -2.38. The van der Waals surface area contributed by atoms with Gasteiger partial charge in [0.05, 0.1) is 11.1 Å². The zero-order valence-electron chi connectivity index (χ0n) is 13.2. The second-order valence-electron chi connectivity index (χ2n) is 6.56. The molecule has 0 saturated carbocycles. The van der Waals surface area contributed by atoms with E-state index in [0.29, 0.717) is 16.8 Å². The van der Waals surface area contributed by atoms with Gasteiger partial charge in [0.25, 0.3) is 0 Å². The Bertz CT molecular complexity index is 784. The van der Waals surface area contributed by atoms with Crippen molar-refractivity contribution >= 4 is 16.3 Å². The lowest BCUT2D eigenvalue weighted by molar-refractivity contribution is 0.102. The highest BCUT2D eigenvalue weighted by atomic mass is 32.1. The molecule has 4 heterocycles. The van der Waals surface area contributed by atoms with E-state index in [1.807, 2.05) is 12.1 Å². The first kappa shape index (κ1) is 14.7. The van der Waals surface area contributed by atoms with Gasteiger partial charge in [0.1, 0.15) is 18.1 Å².